The maximum Gasteiger partial charge on any atom is 0.240 e. The van der Waals surface area contributed by atoms with Gasteiger partial charge in [-0.1, -0.05) is 24.6 Å². The molecule has 4 heterocycles. The quantitative estimate of drug-likeness (QED) is 0.548. The summed E-state index contributed by atoms with van der Waals surface area (Å²) in [6.07, 6.45) is 7.19. The fourth-order valence-corrected chi connectivity index (χ4v) is 5.30. The smallest absolute Gasteiger partial charge is 0.240 e. The van der Waals surface area contributed by atoms with Crippen molar-refractivity contribution >= 4 is 28.5 Å². The number of aryl methyl sites for hydroxylation is 2. The average Bonchev–Trinajstić information content (AvgIpc) is 3.41. The first-order chi connectivity index (χ1) is 16.5. The molecule has 0 spiro atoms. The SMILES string of the molecule is C[C@H]1CCCCN1CCCNC(=O)CN1C(=O)CCn2nc(-c3cn(C)c4ccccc34)cc21. The highest BCUT2D eigenvalue weighted by Gasteiger charge is 2.28. The van der Waals surface area contributed by atoms with Gasteiger partial charge < -0.3 is 14.8 Å². The van der Waals surface area contributed by atoms with Gasteiger partial charge in [0.1, 0.15) is 12.4 Å². The molecule has 1 aromatic carbocycles. The summed E-state index contributed by atoms with van der Waals surface area (Å²) in [5.41, 5.74) is 2.99. The highest BCUT2D eigenvalue weighted by molar-refractivity contribution is 6.00. The van der Waals surface area contributed by atoms with Gasteiger partial charge in [-0.25, -0.2) is 4.68 Å². The Morgan fingerprint density at radius 3 is 2.91 bits per heavy atom. The third kappa shape index (κ3) is 4.46. The highest BCUT2D eigenvalue weighted by atomic mass is 16.2. The van der Waals surface area contributed by atoms with Gasteiger partial charge in [-0.05, 0) is 38.8 Å². The van der Waals surface area contributed by atoms with E-state index in [1.54, 1.807) is 4.90 Å². The molecule has 0 unspecified atom stereocenters. The second-order valence-electron chi connectivity index (χ2n) is 9.60. The summed E-state index contributed by atoms with van der Waals surface area (Å²) in [5.74, 6) is 0.534. The maximum absolute atomic E-state index is 12.7. The van der Waals surface area contributed by atoms with Gasteiger partial charge in [0, 0.05) is 61.3 Å². The van der Waals surface area contributed by atoms with E-state index in [1.807, 2.05) is 29.9 Å². The number of rotatable bonds is 7. The number of carbonyl (C=O) groups is 2. The third-order valence-electron chi connectivity index (χ3n) is 7.23. The molecule has 1 fully saturated rings. The molecule has 0 aliphatic carbocycles. The van der Waals surface area contributed by atoms with Crippen LogP contribution < -0.4 is 10.2 Å². The Labute approximate surface area is 200 Å². The van der Waals surface area contributed by atoms with Gasteiger partial charge in [-0.15, -0.1) is 0 Å². The maximum atomic E-state index is 12.7. The van der Waals surface area contributed by atoms with Crippen LogP contribution in [0, 0.1) is 0 Å². The number of benzene rings is 1. The minimum atomic E-state index is -0.124. The Bertz CT molecular complexity index is 1200. The van der Waals surface area contributed by atoms with E-state index in [0.29, 0.717) is 31.4 Å². The summed E-state index contributed by atoms with van der Waals surface area (Å²) in [6.45, 7) is 5.64. The summed E-state index contributed by atoms with van der Waals surface area (Å²) < 4.78 is 3.94. The number of amides is 2. The van der Waals surface area contributed by atoms with Crippen molar-refractivity contribution in [3.8, 4) is 11.3 Å². The van der Waals surface area contributed by atoms with Crippen molar-refractivity contribution in [3.63, 3.8) is 0 Å². The van der Waals surface area contributed by atoms with Crippen LogP contribution >= 0.6 is 0 Å². The molecular weight excluding hydrogens is 428 g/mol. The van der Waals surface area contributed by atoms with Crippen LogP contribution in [-0.2, 0) is 23.2 Å². The molecule has 2 aromatic heterocycles. The van der Waals surface area contributed by atoms with Crippen LogP contribution in [-0.4, -0.2) is 63.3 Å². The number of anilines is 1. The van der Waals surface area contributed by atoms with Crippen molar-refractivity contribution in [3.05, 3.63) is 36.5 Å². The number of piperidine rings is 1. The Hall–Kier alpha value is -3.13. The zero-order valence-electron chi connectivity index (χ0n) is 20.2. The van der Waals surface area contributed by atoms with Crippen molar-refractivity contribution in [1.82, 2.24) is 24.6 Å². The molecular formula is C26H34N6O2. The molecule has 2 aliphatic heterocycles. The predicted molar refractivity (Wildman–Crippen MR) is 134 cm³/mol. The van der Waals surface area contributed by atoms with Crippen LogP contribution in [0.2, 0.25) is 0 Å². The topological polar surface area (TPSA) is 75.4 Å². The fraction of sp³-hybridized carbons (Fsp3) is 0.500. The lowest BCUT2D eigenvalue weighted by Gasteiger charge is -2.33. The molecule has 1 N–H and O–H groups in total. The number of likely N-dealkylation sites (tertiary alicyclic amines) is 1. The normalized spacial score (nSPS) is 18.9. The van der Waals surface area contributed by atoms with Crippen molar-refractivity contribution in [1.29, 1.82) is 0 Å². The predicted octanol–water partition coefficient (Wildman–Crippen LogP) is 3.16. The second kappa shape index (κ2) is 9.62. The third-order valence-corrected chi connectivity index (χ3v) is 7.23. The van der Waals surface area contributed by atoms with Crippen molar-refractivity contribution in [2.24, 2.45) is 7.05 Å². The number of hydrogen-bond donors (Lipinski definition) is 1. The highest BCUT2D eigenvalue weighted by Crippen LogP contribution is 2.33. The summed E-state index contributed by atoms with van der Waals surface area (Å²) in [5, 5.41) is 8.92. The number of para-hydroxylation sites is 1. The lowest BCUT2D eigenvalue weighted by atomic mass is 10.0. The van der Waals surface area contributed by atoms with Gasteiger partial charge in [-0.3, -0.25) is 14.5 Å². The number of carbonyl (C=O) groups excluding carboxylic acids is 2. The standard InChI is InChI=1S/C26H34N6O2/c1-19-8-5-6-13-30(19)14-7-12-27-24(33)18-31-25-16-22(28-32(25)15-11-26(31)34)21-17-29(2)23-10-4-3-9-20(21)23/h3-4,9-10,16-17,19H,5-8,11-15,18H2,1-2H3,(H,27,33)/t19-/m0/s1. The zero-order chi connectivity index (χ0) is 23.7. The van der Waals surface area contributed by atoms with Crippen LogP contribution in [0.1, 0.15) is 39.0 Å². The Balaban J connectivity index is 1.24. The van der Waals surface area contributed by atoms with E-state index in [9.17, 15) is 9.59 Å². The van der Waals surface area contributed by atoms with Gasteiger partial charge in [0.25, 0.3) is 0 Å². The second-order valence-corrected chi connectivity index (χ2v) is 9.60. The summed E-state index contributed by atoms with van der Waals surface area (Å²) >= 11 is 0. The van der Waals surface area contributed by atoms with Crippen LogP contribution in [0.4, 0.5) is 5.82 Å². The lowest BCUT2D eigenvalue weighted by molar-refractivity contribution is -0.124. The summed E-state index contributed by atoms with van der Waals surface area (Å²) in [4.78, 5) is 29.5. The van der Waals surface area contributed by atoms with Crippen LogP contribution in [0.5, 0.6) is 0 Å². The Morgan fingerprint density at radius 1 is 1.21 bits per heavy atom. The number of nitrogens with zero attached hydrogens (tertiary/aromatic N) is 5. The first-order valence-corrected chi connectivity index (χ1v) is 12.4. The van der Waals surface area contributed by atoms with Gasteiger partial charge in [0.2, 0.25) is 11.8 Å². The number of aromatic nitrogens is 3. The van der Waals surface area contributed by atoms with Gasteiger partial charge >= 0.3 is 0 Å². The van der Waals surface area contributed by atoms with E-state index >= 15 is 0 Å². The van der Waals surface area contributed by atoms with E-state index in [1.165, 1.54) is 19.3 Å². The van der Waals surface area contributed by atoms with Gasteiger partial charge in [0.15, 0.2) is 0 Å². The number of fused-ring (bicyclic) bond motifs is 2. The molecule has 1 atom stereocenters. The monoisotopic (exact) mass is 462 g/mol. The number of nitrogens with one attached hydrogen (secondary N) is 1. The van der Waals surface area contributed by atoms with Crippen molar-refractivity contribution < 1.29 is 9.59 Å². The molecule has 8 nitrogen and oxygen atoms in total. The first kappa shape index (κ1) is 22.7. The Kier molecular flexibility index (Phi) is 6.41. The van der Waals surface area contributed by atoms with E-state index in [0.717, 1.165) is 41.7 Å². The molecule has 0 radical (unpaired) electrons. The van der Waals surface area contributed by atoms with E-state index in [2.05, 4.69) is 40.0 Å². The molecule has 1 saturated heterocycles. The molecule has 3 aromatic rings. The van der Waals surface area contributed by atoms with E-state index in [4.69, 9.17) is 5.10 Å². The summed E-state index contributed by atoms with van der Waals surface area (Å²) in [6, 6.07) is 10.8. The van der Waals surface area contributed by atoms with Gasteiger partial charge in [0.05, 0.1) is 12.2 Å². The van der Waals surface area contributed by atoms with Crippen LogP contribution in [0.3, 0.4) is 0 Å². The molecule has 8 heteroatoms. The molecule has 34 heavy (non-hydrogen) atoms. The van der Waals surface area contributed by atoms with Crippen molar-refractivity contribution in [2.75, 3.05) is 31.1 Å². The van der Waals surface area contributed by atoms with Crippen LogP contribution in [0.15, 0.2) is 36.5 Å². The molecule has 0 bridgehead atoms. The average molecular weight is 463 g/mol. The van der Waals surface area contributed by atoms with E-state index < -0.39 is 0 Å². The molecule has 180 valence electrons. The lowest BCUT2D eigenvalue weighted by Crippen LogP contribution is -2.45. The molecule has 2 aliphatic rings. The molecule has 5 rings (SSSR count). The van der Waals surface area contributed by atoms with Crippen LogP contribution in [0.25, 0.3) is 22.2 Å². The largest absolute Gasteiger partial charge is 0.354 e. The van der Waals surface area contributed by atoms with Gasteiger partial charge in [-0.2, -0.15) is 5.10 Å². The minimum Gasteiger partial charge on any atom is -0.354 e. The first-order valence-electron chi connectivity index (χ1n) is 12.4. The molecule has 2 amide bonds. The molecule has 0 saturated carbocycles. The van der Waals surface area contributed by atoms with E-state index in [-0.39, 0.29) is 18.4 Å². The summed E-state index contributed by atoms with van der Waals surface area (Å²) in [7, 11) is 2.02. The Morgan fingerprint density at radius 2 is 2.06 bits per heavy atom. The minimum absolute atomic E-state index is 0.0274. The van der Waals surface area contributed by atoms with Crippen molar-refractivity contribution in [2.45, 2.75) is 51.6 Å². The zero-order valence-corrected chi connectivity index (χ0v) is 20.2. The number of hydrogen-bond acceptors (Lipinski definition) is 4. The fourth-order valence-electron chi connectivity index (χ4n) is 5.30.